The van der Waals surface area contributed by atoms with Crippen molar-refractivity contribution in [1.82, 2.24) is 25.0 Å². The van der Waals surface area contributed by atoms with Crippen LogP contribution in [-0.2, 0) is 11.2 Å². The number of amides is 1. The van der Waals surface area contributed by atoms with E-state index in [0.29, 0.717) is 29.7 Å². The van der Waals surface area contributed by atoms with Gasteiger partial charge in [0.2, 0.25) is 17.7 Å². The second-order valence-electron chi connectivity index (χ2n) is 5.74. The van der Waals surface area contributed by atoms with Gasteiger partial charge in [-0.15, -0.1) is 10.2 Å². The summed E-state index contributed by atoms with van der Waals surface area (Å²) in [6.45, 7) is 0. The average molecular weight is 360 g/mol. The molecule has 0 fully saturated rings. The van der Waals surface area contributed by atoms with Crippen LogP contribution >= 0.6 is 0 Å². The summed E-state index contributed by atoms with van der Waals surface area (Å²) in [6.07, 6.45) is 5.63. The highest BCUT2D eigenvalue weighted by molar-refractivity contribution is 5.92. The largest absolute Gasteiger partial charge is 0.421 e. The van der Waals surface area contributed by atoms with Crippen LogP contribution in [0.2, 0.25) is 0 Å². The molecule has 0 aliphatic heterocycles. The van der Waals surface area contributed by atoms with Crippen molar-refractivity contribution in [3.63, 3.8) is 0 Å². The third-order valence-electron chi connectivity index (χ3n) is 3.84. The second kappa shape index (κ2) is 7.61. The average Bonchev–Trinajstić information content (AvgIpc) is 3.40. The maximum Gasteiger partial charge on any atom is 0.247 e. The number of rotatable bonds is 6. The Bertz CT molecular complexity index is 1030. The molecule has 0 atom stereocenters. The van der Waals surface area contributed by atoms with Gasteiger partial charge in [-0.1, -0.05) is 18.2 Å². The van der Waals surface area contributed by atoms with Gasteiger partial charge in [0, 0.05) is 37.0 Å². The van der Waals surface area contributed by atoms with E-state index >= 15 is 0 Å². The molecular formula is C19H16N6O2. The molecule has 0 bridgehead atoms. The minimum absolute atomic E-state index is 0.170. The molecule has 0 spiro atoms. The standard InChI is InChI=1S/C19H16N6O2/c26-16(22-15-8-4-11-20-18(15)25-13-5-12-21-25)9-10-17-23-24-19(27-17)14-6-2-1-3-7-14/h1-8,11-13H,9-10H2,(H,22,26). The quantitative estimate of drug-likeness (QED) is 0.568. The van der Waals surface area contributed by atoms with Gasteiger partial charge in [-0.3, -0.25) is 4.79 Å². The van der Waals surface area contributed by atoms with Gasteiger partial charge in [-0.25, -0.2) is 9.67 Å². The first-order valence-corrected chi connectivity index (χ1v) is 8.42. The lowest BCUT2D eigenvalue weighted by Crippen LogP contribution is -2.15. The van der Waals surface area contributed by atoms with Crippen LogP contribution in [0.3, 0.4) is 0 Å². The predicted molar refractivity (Wildman–Crippen MR) is 98.0 cm³/mol. The summed E-state index contributed by atoms with van der Waals surface area (Å²) in [6, 6.07) is 14.8. The van der Waals surface area contributed by atoms with Crippen LogP contribution in [0.25, 0.3) is 17.3 Å². The zero-order valence-corrected chi connectivity index (χ0v) is 14.3. The molecule has 134 valence electrons. The third-order valence-corrected chi connectivity index (χ3v) is 3.84. The van der Waals surface area contributed by atoms with Crippen molar-refractivity contribution >= 4 is 11.6 Å². The Morgan fingerprint density at radius 1 is 1.04 bits per heavy atom. The van der Waals surface area contributed by atoms with Crippen LogP contribution in [0, 0.1) is 0 Å². The minimum Gasteiger partial charge on any atom is -0.421 e. The molecule has 1 N–H and O–H groups in total. The number of pyridine rings is 1. The first-order chi connectivity index (χ1) is 13.3. The number of aromatic nitrogens is 5. The summed E-state index contributed by atoms with van der Waals surface area (Å²) in [5.74, 6) is 1.25. The fraction of sp³-hybridized carbons (Fsp3) is 0.105. The van der Waals surface area contributed by atoms with E-state index in [9.17, 15) is 4.79 Å². The van der Waals surface area contributed by atoms with Crippen LogP contribution in [0.1, 0.15) is 12.3 Å². The minimum atomic E-state index is -0.170. The van der Waals surface area contributed by atoms with Gasteiger partial charge in [-0.2, -0.15) is 5.10 Å². The highest BCUT2D eigenvalue weighted by atomic mass is 16.4. The molecule has 4 aromatic rings. The first-order valence-electron chi connectivity index (χ1n) is 8.42. The maximum absolute atomic E-state index is 12.3. The van der Waals surface area contributed by atoms with Gasteiger partial charge in [0.05, 0.1) is 5.69 Å². The number of carbonyl (C=O) groups is 1. The summed E-state index contributed by atoms with van der Waals surface area (Å²) in [4.78, 5) is 16.6. The Morgan fingerprint density at radius 2 is 1.93 bits per heavy atom. The number of hydrogen-bond donors (Lipinski definition) is 1. The highest BCUT2D eigenvalue weighted by Crippen LogP contribution is 2.19. The highest BCUT2D eigenvalue weighted by Gasteiger charge is 2.13. The fourth-order valence-electron chi connectivity index (χ4n) is 2.56. The number of carbonyl (C=O) groups excluding carboxylic acids is 1. The molecule has 0 aliphatic rings. The number of benzene rings is 1. The molecule has 3 aromatic heterocycles. The molecular weight excluding hydrogens is 344 g/mol. The number of hydrogen-bond acceptors (Lipinski definition) is 6. The van der Waals surface area contributed by atoms with Crippen molar-refractivity contribution in [2.24, 2.45) is 0 Å². The van der Waals surface area contributed by atoms with Gasteiger partial charge in [-0.05, 0) is 30.3 Å². The van der Waals surface area contributed by atoms with Crippen molar-refractivity contribution in [3.05, 3.63) is 73.0 Å². The van der Waals surface area contributed by atoms with Crippen molar-refractivity contribution < 1.29 is 9.21 Å². The van der Waals surface area contributed by atoms with Crippen molar-refractivity contribution in [2.75, 3.05) is 5.32 Å². The Hall–Kier alpha value is -3.81. The summed E-state index contributed by atoms with van der Waals surface area (Å²) in [7, 11) is 0. The Labute approximate surface area is 154 Å². The SMILES string of the molecule is O=C(CCc1nnc(-c2ccccc2)o1)Nc1cccnc1-n1cccn1. The zero-order chi connectivity index (χ0) is 18.5. The van der Waals surface area contributed by atoms with Crippen molar-refractivity contribution in [3.8, 4) is 17.3 Å². The molecule has 0 saturated heterocycles. The van der Waals surface area contributed by atoms with E-state index in [-0.39, 0.29) is 12.3 Å². The van der Waals surface area contributed by atoms with Gasteiger partial charge < -0.3 is 9.73 Å². The molecule has 8 heteroatoms. The molecule has 3 heterocycles. The van der Waals surface area contributed by atoms with E-state index in [2.05, 4.69) is 25.6 Å². The maximum atomic E-state index is 12.3. The second-order valence-corrected chi connectivity index (χ2v) is 5.74. The van der Waals surface area contributed by atoms with Gasteiger partial charge in [0.15, 0.2) is 5.82 Å². The van der Waals surface area contributed by atoms with Gasteiger partial charge in [0.1, 0.15) is 0 Å². The lowest BCUT2D eigenvalue weighted by atomic mass is 10.2. The van der Waals surface area contributed by atoms with Crippen LogP contribution in [0.4, 0.5) is 5.69 Å². The fourth-order valence-corrected chi connectivity index (χ4v) is 2.56. The molecule has 0 aliphatic carbocycles. The Balaban J connectivity index is 1.39. The van der Waals surface area contributed by atoms with Gasteiger partial charge >= 0.3 is 0 Å². The van der Waals surface area contributed by atoms with Crippen LogP contribution in [-0.4, -0.2) is 30.9 Å². The summed E-state index contributed by atoms with van der Waals surface area (Å²) >= 11 is 0. The molecule has 4 rings (SSSR count). The molecule has 27 heavy (non-hydrogen) atoms. The smallest absolute Gasteiger partial charge is 0.247 e. The van der Waals surface area contributed by atoms with E-state index in [1.54, 1.807) is 41.5 Å². The van der Waals surface area contributed by atoms with E-state index in [0.717, 1.165) is 5.56 Å². The van der Waals surface area contributed by atoms with E-state index in [1.807, 2.05) is 30.3 Å². The topological polar surface area (TPSA) is 98.7 Å². The molecule has 1 amide bonds. The van der Waals surface area contributed by atoms with Gasteiger partial charge in [0.25, 0.3) is 0 Å². The number of nitrogens with zero attached hydrogens (tertiary/aromatic N) is 5. The molecule has 0 radical (unpaired) electrons. The molecule has 0 saturated carbocycles. The lowest BCUT2D eigenvalue weighted by Gasteiger charge is -2.09. The Kier molecular flexibility index (Phi) is 4.69. The number of aryl methyl sites for hydroxylation is 1. The van der Waals surface area contributed by atoms with E-state index in [4.69, 9.17) is 4.42 Å². The molecule has 0 unspecified atom stereocenters. The van der Waals surface area contributed by atoms with Crippen molar-refractivity contribution in [1.29, 1.82) is 0 Å². The summed E-state index contributed by atoms with van der Waals surface area (Å²) < 4.78 is 7.22. The van der Waals surface area contributed by atoms with E-state index < -0.39 is 0 Å². The third kappa shape index (κ3) is 3.90. The van der Waals surface area contributed by atoms with Crippen molar-refractivity contribution in [2.45, 2.75) is 12.8 Å². The normalized spacial score (nSPS) is 10.7. The lowest BCUT2D eigenvalue weighted by molar-refractivity contribution is -0.116. The van der Waals surface area contributed by atoms with Crippen LogP contribution < -0.4 is 5.32 Å². The summed E-state index contributed by atoms with van der Waals surface area (Å²) in [5, 5.41) is 15.0. The monoisotopic (exact) mass is 360 g/mol. The number of anilines is 1. The summed E-state index contributed by atoms with van der Waals surface area (Å²) in [5.41, 5.74) is 1.43. The molecule has 1 aromatic carbocycles. The Morgan fingerprint density at radius 3 is 2.74 bits per heavy atom. The number of nitrogens with one attached hydrogen (secondary N) is 1. The van der Waals surface area contributed by atoms with Crippen LogP contribution in [0.15, 0.2) is 71.5 Å². The zero-order valence-electron chi connectivity index (χ0n) is 14.3. The van der Waals surface area contributed by atoms with Crippen LogP contribution in [0.5, 0.6) is 0 Å². The predicted octanol–water partition coefficient (Wildman–Crippen LogP) is 2.89. The van der Waals surface area contributed by atoms with E-state index in [1.165, 1.54) is 0 Å². The molecule has 8 nitrogen and oxygen atoms in total. The first kappa shape index (κ1) is 16.6.